The van der Waals surface area contributed by atoms with Gasteiger partial charge in [0.25, 0.3) is 0 Å². The molecule has 27 heavy (non-hydrogen) atoms. The maximum absolute atomic E-state index is 12.5. The van der Waals surface area contributed by atoms with Gasteiger partial charge in [-0.05, 0) is 47.7 Å². The Hall–Kier alpha value is -2.05. The van der Waals surface area contributed by atoms with Crippen LogP contribution in [0.2, 0.25) is 5.02 Å². The van der Waals surface area contributed by atoms with Crippen molar-refractivity contribution in [3.8, 4) is 0 Å². The molecule has 1 amide bonds. The fourth-order valence-electron chi connectivity index (χ4n) is 2.58. The second-order valence-corrected chi connectivity index (χ2v) is 9.92. The third-order valence-corrected chi connectivity index (χ3v) is 5.56. The van der Waals surface area contributed by atoms with Crippen LogP contribution in [0.3, 0.4) is 0 Å². The first kappa shape index (κ1) is 21.3. The fraction of sp³-hybridized carbons (Fsp3) is 0.350. The first-order chi connectivity index (χ1) is 12.4. The molecule has 0 bridgehead atoms. The molecule has 146 valence electrons. The van der Waals surface area contributed by atoms with Gasteiger partial charge in [-0.25, -0.2) is 8.42 Å². The summed E-state index contributed by atoms with van der Waals surface area (Å²) in [6.45, 7) is 7.76. The number of hydrogen-bond acceptors (Lipinski definition) is 3. The molecule has 1 N–H and O–H groups in total. The summed E-state index contributed by atoms with van der Waals surface area (Å²) in [4.78, 5) is 12.5. The SMILES string of the molecule is Cc1ccc(Cl)cc1NC(=O)CN(c1ccc(C(C)(C)C)cc1)S(C)(=O)=O. The molecule has 0 atom stereocenters. The van der Waals surface area contributed by atoms with E-state index in [1.165, 1.54) is 0 Å². The van der Waals surface area contributed by atoms with Crippen molar-refractivity contribution in [2.75, 3.05) is 22.4 Å². The molecule has 0 saturated heterocycles. The van der Waals surface area contributed by atoms with E-state index in [2.05, 4.69) is 26.1 Å². The fourth-order valence-corrected chi connectivity index (χ4v) is 3.61. The zero-order valence-corrected chi connectivity index (χ0v) is 17.8. The molecule has 0 aliphatic rings. The maximum Gasteiger partial charge on any atom is 0.245 e. The average Bonchev–Trinajstić information content (AvgIpc) is 2.54. The smallest absolute Gasteiger partial charge is 0.245 e. The van der Waals surface area contributed by atoms with E-state index < -0.39 is 15.9 Å². The number of amides is 1. The summed E-state index contributed by atoms with van der Waals surface area (Å²) < 4.78 is 25.6. The molecule has 7 heteroatoms. The minimum Gasteiger partial charge on any atom is -0.324 e. The van der Waals surface area contributed by atoms with Gasteiger partial charge in [0.1, 0.15) is 6.54 Å². The molecule has 0 unspecified atom stereocenters. The number of rotatable bonds is 5. The summed E-state index contributed by atoms with van der Waals surface area (Å²) in [5.41, 5.74) is 2.88. The number of nitrogens with one attached hydrogen (secondary N) is 1. The molecule has 0 fully saturated rings. The number of aryl methyl sites for hydroxylation is 1. The molecular formula is C20H25ClN2O3S. The molecule has 5 nitrogen and oxygen atoms in total. The topological polar surface area (TPSA) is 66.5 Å². The van der Waals surface area contributed by atoms with Gasteiger partial charge >= 0.3 is 0 Å². The van der Waals surface area contributed by atoms with Crippen molar-refractivity contribution in [3.05, 3.63) is 58.6 Å². The number of hydrogen-bond donors (Lipinski definition) is 1. The first-order valence-electron chi connectivity index (χ1n) is 8.52. The molecule has 2 aromatic carbocycles. The third-order valence-electron chi connectivity index (χ3n) is 4.18. The molecular weight excluding hydrogens is 384 g/mol. The highest BCUT2D eigenvalue weighted by atomic mass is 35.5. The predicted octanol–water partition coefficient (Wildman–Crippen LogP) is 4.35. The van der Waals surface area contributed by atoms with Crippen LogP contribution in [0.5, 0.6) is 0 Å². The molecule has 0 aromatic heterocycles. The minimum absolute atomic E-state index is 0.0457. The van der Waals surface area contributed by atoms with Crippen LogP contribution in [0.1, 0.15) is 31.9 Å². The lowest BCUT2D eigenvalue weighted by atomic mass is 9.87. The van der Waals surface area contributed by atoms with Gasteiger partial charge in [-0.1, -0.05) is 50.6 Å². The number of carbonyl (C=O) groups excluding carboxylic acids is 1. The Labute approximate surface area is 166 Å². The van der Waals surface area contributed by atoms with Gasteiger partial charge in [-0.2, -0.15) is 0 Å². The Morgan fingerprint density at radius 2 is 1.70 bits per heavy atom. The molecule has 0 aliphatic heterocycles. The summed E-state index contributed by atoms with van der Waals surface area (Å²) in [5, 5.41) is 3.22. The Bertz CT molecular complexity index is 933. The van der Waals surface area contributed by atoms with Crippen molar-refractivity contribution in [1.82, 2.24) is 0 Å². The van der Waals surface area contributed by atoms with Crippen LogP contribution >= 0.6 is 11.6 Å². The second kappa shape index (κ2) is 7.90. The lowest BCUT2D eigenvalue weighted by Gasteiger charge is -2.24. The highest BCUT2D eigenvalue weighted by Gasteiger charge is 2.22. The van der Waals surface area contributed by atoms with Crippen molar-refractivity contribution >= 4 is 38.9 Å². The Kier molecular flexibility index (Phi) is 6.22. The summed E-state index contributed by atoms with van der Waals surface area (Å²) in [7, 11) is -3.63. The summed E-state index contributed by atoms with van der Waals surface area (Å²) >= 11 is 5.97. The van der Waals surface area contributed by atoms with E-state index in [-0.39, 0.29) is 12.0 Å². The average molecular weight is 409 g/mol. The largest absolute Gasteiger partial charge is 0.324 e. The van der Waals surface area contributed by atoms with Crippen LogP contribution in [-0.2, 0) is 20.2 Å². The third kappa shape index (κ3) is 5.71. The number of anilines is 2. The highest BCUT2D eigenvalue weighted by molar-refractivity contribution is 7.92. The monoisotopic (exact) mass is 408 g/mol. The number of halogens is 1. The second-order valence-electron chi connectivity index (χ2n) is 7.57. The minimum atomic E-state index is -3.63. The van der Waals surface area contributed by atoms with Gasteiger partial charge in [-0.3, -0.25) is 9.10 Å². The van der Waals surface area contributed by atoms with Crippen LogP contribution in [0.25, 0.3) is 0 Å². The summed E-state index contributed by atoms with van der Waals surface area (Å²) in [6, 6.07) is 12.4. The number of nitrogens with zero attached hydrogens (tertiary/aromatic N) is 1. The molecule has 0 radical (unpaired) electrons. The zero-order chi connectivity index (χ0) is 20.4. The molecule has 0 aliphatic carbocycles. The van der Waals surface area contributed by atoms with Crippen LogP contribution in [-0.4, -0.2) is 27.1 Å². The van der Waals surface area contributed by atoms with Crippen LogP contribution < -0.4 is 9.62 Å². The number of carbonyl (C=O) groups is 1. The van der Waals surface area contributed by atoms with E-state index in [0.29, 0.717) is 16.4 Å². The lowest BCUT2D eigenvalue weighted by molar-refractivity contribution is -0.114. The van der Waals surface area contributed by atoms with E-state index in [9.17, 15) is 13.2 Å². The van der Waals surface area contributed by atoms with Crippen molar-refractivity contribution in [1.29, 1.82) is 0 Å². The Balaban J connectivity index is 2.25. The van der Waals surface area contributed by atoms with Gasteiger partial charge in [0.15, 0.2) is 0 Å². The quantitative estimate of drug-likeness (QED) is 0.799. The maximum atomic E-state index is 12.5. The predicted molar refractivity (Wildman–Crippen MR) is 112 cm³/mol. The number of sulfonamides is 1. The first-order valence-corrected chi connectivity index (χ1v) is 10.7. The molecule has 0 heterocycles. The molecule has 0 spiro atoms. The van der Waals surface area contributed by atoms with Gasteiger partial charge in [0, 0.05) is 10.7 Å². The molecule has 0 saturated carbocycles. The van der Waals surface area contributed by atoms with Crippen molar-refractivity contribution in [2.24, 2.45) is 0 Å². The highest BCUT2D eigenvalue weighted by Crippen LogP contribution is 2.26. The van der Waals surface area contributed by atoms with Crippen molar-refractivity contribution in [2.45, 2.75) is 33.1 Å². The van der Waals surface area contributed by atoms with E-state index >= 15 is 0 Å². The van der Waals surface area contributed by atoms with Gasteiger partial charge in [0.2, 0.25) is 15.9 Å². The van der Waals surface area contributed by atoms with Crippen LogP contribution in [0.4, 0.5) is 11.4 Å². The zero-order valence-electron chi connectivity index (χ0n) is 16.2. The van der Waals surface area contributed by atoms with Gasteiger partial charge < -0.3 is 5.32 Å². The summed E-state index contributed by atoms with van der Waals surface area (Å²) in [5.74, 6) is -0.439. The molecule has 2 rings (SSSR count). The Morgan fingerprint density at radius 1 is 1.11 bits per heavy atom. The van der Waals surface area contributed by atoms with Gasteiger partial charge in [-0.15, -0.1) is 0 Å². The van der Waals surface area contributed by atoms with Gasteiger partial charge in [0.05, 0.1) is 11.9 Å². The molecule has 2 aromatic rings. The van der Waals surface area contributed by atoms with E-state index in [0.717, 1.165) is 21.7 Å². The summed E-state index contributed by atoms with van der Waals surface area (Å²) in [6.07, 6.45) is 1.09. The van der Waals surface area contributed by atoms with E-state index in [1.807, 2.05) is 19.1 Å². The van der Waals surface area contributed by atoms with Crippen LogP contribution in [0, 0.1) is 6.92 Å². The Morgan fingerprint density at radius 3 is 2.22 bits per heavy atom. The van der Waals surface area contributed by atoms with Crippen molar-refractivity contribution < 1.29 is 13.2 Å². The van der Waals surface area contributed by atoms with Crippen LogP contribution in [0.15, 0.2) is 42.5 Å². The lowest BCUT2D eigenvalue weighted by Crippen LogP contribution is -2.37. The number of benzene rings is 2. The van der Waals surface area contributed by atoms with E-state index in [1.54, 1.807) is 30.3 Å². The van der Waals surface area contributed by atoms with Crippen molar-refractivity contribution in [3.63, 3.8) is 0 Å². The normalized spacial score (nSPS) is 11.9. The standard InChI is InChI=1S/C20H25ClN2O3S/c1-14-6-9-16(21)12-18(14)22-19(24)13-23(27(5,25)26)17-10-7-15(8-11-17)20(2,3)4/h6-12H,13H2,1-5H3,(H,22,24). The van der Waals surface area contributed by atoms with E-state index in [4.69, 9.17) is 11.6 Å².